The molecule has 0 saturated heterocycles. The van der Waals surface area contributed by atoms with Crippen LogP contribution in [0.4, 0.5) is 4.39 Å². The fourth-order valence-corrected chi connectivity index (χ4v) is 1.38. The second-order valence-corrected chi connectivity index (χ2v) is 3.69. The van der Waals surface area contributed by atoms with Crippen molar-refractivity contribution in [1.82, 2.24) is 0 Å². The number of ketones is 1. The Hall–Kier alpha value is -1.18. The minimum Gasteiger partial charge on any atom is -0.300 e. The van der Waals surface area contributed by atoms with Gasteiger partial charge in [-0.15, -0.1) is 0 Å². The van der Waals surface area contributed by atoms with Crippen LogP contribution in [0.3, 0.4) is 0 Å². The summed E-state index contributed by atoms with van der Waals surface area (Å²) in [5, 5.41) is 0. The first-order valence-corrected chi connectivity index (χ1v) is 4.84. The Labute approximate surface area is 83.9 Å². The molecule has 0 aliphatic rings. The zero-order valence-corrected chi connectivity index (χ0v) is 8.59. The zero-order valence-electron chi connectivity index (χ0n) is 8.59. The zero-order chi connectivity index (χ0) is 10.6. The monoisotopic (exact) mass is 194 g/mol. The highest BCUT2D eigenvalue weighted by atomic mass is 19.1. The molecule has 0 amide bonds. The van der Waals surface area contributed by atoms with Gasteiger partial charge in [0.2, 0.25) is 0 Å². The summed E-state index contributed by atoms with van der Waals surface area (Å²) in [7, 11) is 0. The van der Waals surface area contributed by atoms with Crippen LogP contribution >= 0.6 is 0 Å². The van der Waals surface area contributed by atoms with E-state index in [9.17, 15) is 9.18 Å². The van der Waals surface area contributed by atoms with Crippen LogP contribution in [-0.2, 0) is 4.79 Å². The third kappa shape index (κ3) is 3.29. The van der Waals surface area contributed by atoms with E-state index >= 15 is 0 Å². The number of hydrogen-bond donors (Lipinski definition) is 0. The van der Waals surface area contributed by atoms with Crippen LogP contribution < -0.4 is 0 Å². The highest BCUT2D eigenvalue weighted by Crippen LogP contribution is 2.20. The van der Waals surface area contributed by atoms with E-state index in [1.165, 1.54) is 12.1 Å². The normalized spacial score (nSPS) is 12.5. The van der Waals surface area contributed by atoms with E-state index in [0.29, 0.717) is 12.3 Å². The van der Waals surface area contributed by atoms with E-state index in [1.54, 1.807) is 19.1 Å². The number of rotatable bonds is 4. The number of carbonyl (C=O) groups excluding carboxylic acids is 1. The molecule has 0 fully saturated rings. The molecule has 0 heterocycles. The number of hydrogen-bond acceptors (Lipinski definition) is 1. The summed E-state index contributed by atoms with van der Waals surface area (Å²) in [6.45, 7) is 3.65. The maximum absolute atomic E-state index is 12.6. The Kier molecular flexibility index (Phi) is 3.81. The van der Waals surface area contributed by atoms with Crippen molar-refractivity contribution >= 4 is 5.78 Å². The smallest absolute Gasteiger partial charge is 0.129 e. The van der Waals surface area contributed by atoms with Gasteiger partial charge in [-0.05, 0) is 37.0 Å². The van der Waals surface area contributed by atoms with E-state index in [-0.39, 0.29) is 11.6 Å². The predicted octanol–water partition coefficient (Wildman–Crippen LogP) is 3.30. The van der Waals surface area contributed by atoms with Gasteiger partial charge in [-0.2, -0.15) is 0 Å². The molecule has 0 spiro atoms. The van der Waals surface area contributed by atoms with E-state index in [0.717, 1.165) is 12.0 Å². The van der Waals surface area contributed by atoms with Crippen molar-refractivity contribution in [3.05, 3.63) is 35.6 Å². The third-order valence-corrected chi connectivity index (χ3v) is 2.37. The lowest BCUT2D eigenvalue weighted by Gasteiger charge is -2.10. The summed E-state index contributed by atoms with van der Waals surface area (Å²) in [5.41, 5.74) is 1.09. The maximum atomic E-state index is 12.6. The average molecular weight is 194 g/mol. The molecular weight excluding hydrogens is 179 g/mol. The lowest BCUT2D eigenvalue weighted by atomic mass is 9.95. The highest BCUT2D eigenvalue weighted by molar-refractivity contribution is 5.75. The molecule has 0 unspecified atom stereocenters. The van der Waals surface area contributed by atoms with Gasteiger partial charge in [0, 0.05) is 6.42 Å². The Balaban J connectivity index is 2.56. The van der Waals surface area contributed by atoms with Crippen LogP contribution in [0, 0.1) is 5.82 Å². The highest BCUT2D eigenvalue weighted by Gasteiger charge is 2.06. The number of Topliss-reactive ketones (excluding diaryl/α,β-unsaturated/α-hetero) is 1. The van der Waals surface area contributed by atoms with Crippen molar-refractivity contribution < 1.29 is 9.18 Å². The van der Waals surface area contributed by atoms with Gasteiger partial charge in [0.15, 0.2) is 0 Å². The molecule has 0 bridgehead atoms. The van der Waals surface area contributed by atoms with Crippen molar-refractivity contribution in [3.8, 4) is 0 Å². The summed E-state index contributed by atoms with van der Waals surface area (Å²) >= 11 is 0. The Bertz CT molecular complexity index is 303. The molecular formula is C12H15FO. The molecule has 1 aromatic rings. The molecule has 0 aliphatic heterocycles. The van der Waals surface area contributed by atoms with E-state index in [1.807, 2.05) is 0 Å². The maximum Gasteiger partial charge on any atom is 0.129 e. The second-order valence-electron chi connectivity index (χ2n) is 3.69. The molecule has 0 saturated carbocycles. The van der Waals surface area contributed by atoms with Gasteiger partial charge in [-0.1, -0.05) is 19.1 Å². The topological polar surface area (TPSA) is 17.1 Å². The van der Waals surface area contributed by atoms with Crippen molar-refractivity contribution in [3.63, 3.8) is 0 Å². The fraction of sp³-hybridized carbons (Fsp3) is 0.417. The van der Waals surface area contributed by atoms with Crippen LogP contribution in [0.15, 0.2) is 24.3 Å². The summed E-state index contributed by atoms with van der Waals surface area (Å²) in [6.07, 6.45) is 1.43. The molecule has 1 aromatic carbocycles. The van der Waals surface area contributed by atoms with E-state index in [2.05, 4.69) is 6.92 Å². The van der Waals surface area contributed by atoms with Gasteiger partial charge >= 0.3 is 0 Å². The molecule has 1 nitrogen and oxygen atoms in total. The van der Waals surface area contributed by atoms with E-state index in [4.69, 9.17) is 0 Å². The molecule has 0 radical (unpaired) electrons. The van der Waals surface area contributed by atoms with Gasteiger partial charge in [0.05, 0.1) is 0 Å². The summed E-state index contributed by atoms with van der Waals surface area (Å²) in [6, 6.07) is 6.47. The first kappa shape index (κ1) is 10.9. The van der Waals surface area contributed by atoms with Crippen molar-refractivity contribution in [2.24, 2.45) is 0 Å². The lowest BCUT2D eigenvalue weighted by Crippen LogP contribution is -1.97. The van der Waals surface area contributed by atoms with E-state index < -0.39 is 0 Å². The first-order chi connectivity index (χ1) is 6.59. The van der Waals surface area contributed by atoms with Gasteiger partial charge in [0.25, 0.3) is 0 Å². The van der Waals surface area contributed by atoms with Crippen molar-refractivity contribution in [1.29, 1.82) is 0 Å². The average Bonchev–Trinajstić information content (AvgIpc) is 2.15. The summed E-state index contributed by atoms with van der Waals surface area (Å²) < 4.78 is 12.6. The quantitative estimate of drug-likeness (QED) is 0.718. The first-order valence-electron chi connectivity index (χ1n) is 4.84. The summed E-state index contributed by atoms with van der Waals surface area (Å²) in [4.78, 5) is 10.8. The molecule has 1 rings (SSSR count). The minimum absolute atomic E-state index is 0.207. The van der Waals surface area contributed by atoms with Gasteiger partial charge in [-0.25, -0.2) is 4.39 Å². The Morgan fingerprint density at radius 2 is 1.93 bits per heavy atom. The predicted molar refractivity (Wildman–Crippen MR) is 54.7 cm³/mol. The van der Waals surface area contributed by atoms with Crippen molar-refractivity contribution in [2.75, 3.05) is 0 Å². The molecule has 14 heavy (non-hydrogen) atoms. The SMILES string of the molecule is CC(=O)CC[C@@H](C)c1ccc(F)cc1. The molecule has 1 atom stereocenters. The van der Waals surface area contributed by atoms with Crippen LogP contribution in [0.2, 0.25) is 0 Å². The van der Waals surface area contributed by atoms with Crippen LogP contribution in [0.25, 0.3) is 0 Å². The Morgan fingerprint density at radius 1 is 1.36 bits per heavy atom. The molecule has 0 N–H and O–H groups in total. The second kappa shape index (κ2) is 4.89. The number of halogens is 1. The molecule has 0 aromatic heterocycles. The van der Waals surface area contributed by atoms with Gasteiger partial charge in [0.1, 0.15) is 11.6 Å². The van der Waals surface area contributed by atoms with Gasteiger partial charge in [-0.3, -0.25) is 0 Å². The van der Waals surface area contributed by atoms with Gasteiger partial charge < -0.3 is 4.79 Å². The largest absolute Gasteiger partial charge is 0.300 e. The lowest BCUT2D eigenvalue weighted by molar-refractivity contribution is -0.117. The number of benzene rings is 1. The van der Waals surface area contributed by atoms with Crippen LogP contribution in [-0.4, -0.2) is 5.78 Å². The molecule has 0 aliphatic carbocycles. The fourth-order valence-electron chi connectivity index (χ4n) is 1.38. The minimum atomic E-state index is -0.215. The number of carbonyl (C=O) groups is 1. The molecule has 76 valence electrons. The van der Waals surface area contributed by atoms with Crippen molar-refractivity contribution in [2.45, 2.75) is 32.6 Å². The standard InChI is InChI=1S/C12H15FO/c1-9(3-4-10(2)14)11-5-7-12(13)8-6-11/h5-9H,3-4H2,1-2H3/t9-/m1/s1. The molecule has 2 heteroatoms. The third-order valence-electron chi connectivity index (χ3n) is 2.37. The van der Waals surface area contributed by atoms with Crippen LogP contribution in [0.5, 0.6) is 0 Å². The Morgan fingerprint density at radius 3 is 2.43 bits per heavy atom. The summed E-state index contributed by atoms with van der Waals surface area (Å²) in [5.74, 6) is 0.311. The van der Waals surface area contributed by atoms with Crippen LogP contribution in [0.1, 0.15) is 38.2 Å².